The molecule has 156 valence electrons. The first-order chi connectivity index (χ1) is 14.2. The van der Waals surface area contributed by atoms with Crippen LogP contribution in [0.2, 0.25) is 5.02 Å². The molecular formula is C20H14ClF4N3O2. The number of likely N-dealkylation sites (tertiary alicyclic amines) is 1. The predicted molar refractivity (Wildman–Crippen MR) is 98.9 cm³/mol. The molecule has 3 aromatic rings. The number of aromatic nitrogens is 2. The summed E-state index contributed by atoms with van der Waals surface area (Å²) in [6.07, 6.45) is -4.27. The Balaban J connectivity index is 1.45. The highest BCUT2D eigenvalue weighted by atomic mass is 35.5. The molecule has 0 bridgehead atoms. The van der Waals surface area contributed by atoms with Crippen molar-refractivity contribution in [2.45, 2.75) is 25.1 Å². The van der Waals surface area contributed by atoms with Gasteiger partial charge >= 0.3 is 6.18 Å². The van der Waals surface area contributed by atoms with E-state index in [0.717, 1.165) is 12.1 Å². The molecule has 1 saturated heterocycles. The number of benzene rings is 2. The lowest BCUT2D eigenvalue weighted by molar-refractivity contribution is -0.137. The summed E-state index contributed by atoms with van der Waals surface area (Å²) in [4.78, 5) is 18.1. The first kappa shape index (κ1) is 20.3. The molecule has 1 unspecified atom stereocenters. The number of halogens is 5. The molecule has 10 heteroatoms. The van der Waals surface area contributed by atoms with E-state index in [0.29, 0.717) is 11.1 Å². The van der Waals surface area contributed by atoms with Crippen LogP contribution >= 0.6 is 11.6 Å². The molecule has 2 heterocycles. The average Bonchev–Trinajstić information content (AvgIpc) is 3.31. The Hall–Kier alpha value is -2.94. The standard InChI is InChI=1S/C20H14ClF4N3O2/c21-15-6-3-12(7-16(15)22)18-26-19(30-27-18)13-8-17(29)28(10-13)9-11-1-4-14(5-2-11)20(23,24)25/h1-7,13H,8-10H2. The molecule has 0 aliphatic carbocycles. The van der Waals surface area contributed by atoms with Crippen molar-refractivity contribution in [1.29, 1.82) is 0 Å². The predicted octanol–water partition coefficient (Wildman–Crippen LogP) is 5.06. The van der Waals surface area contributed by atoms with E-state index in [-0.39, 0.29) is 48.1 Å². The number of hydrogen-bond acceptors (Lipinski definition) is 4. The van der Waals surface area contributed by atoms with E-state index in [2.05, 4.69) is 10.1 Å². The molecule has 5 nitrogen and oxygen atoms in total. The Labute approximate surface area is 173 Å². The molecule has 1 atom stereocenters. The van der Waals surface area contributed by atoms with E-state index < -0.39 is 17.6 Å². The third kappa shape index (κ3) is 4.16. The number of rotatable bonds is 4. The van der Waals surface area contributed by atoms with Gasteiger partial charge in [-0.3, -0.25) is 4.79 Å². The van der Waals surface area contributed by atoms with Crippen molar-refractivity contribution in [2.24, 2.45) is 0 Å². The molecule has 30 heavy (non-hydrogen) atoms. The van der Waals surface area contributed by atoms with Gasteiger partial charge in [-0.2, -0.15) is 18.2 Å². The van der Waals surface area contributed by atoms with E-state index >= 15 is 0 Å². The molecule has 0 saturated carbocycles. The molecule has 2 aromatic carbocycles. The van der Waals surface area contributed by atoms with Crippen LogP contribution in [0.4, 0.5) is 17.6 Å². The van der Waals surface area contributed by atoms with Crippen LogP contribution in [0.5, 0.6) is 0 Å². The fourth-order valence-corrected chi connectivity index (χ4v) is 3.38. The van der Waals surface area contributed by atoms with Crippen molar-refractivity contribution in [3.63, 3.8) is 0 Å². The summed E-state index contributed by atoms with van der Waals surface area (Å²) in [7, 11) is 0. The van der Waals surface area contributed by atoms with Crippen molar-refractivity contribution >= 4 is 17.5 Å². The molecule has 1 aliphatic heterocycles. The summed E-state index contributed by atoms with van der Waals surface area (Å²) in [6, 6.07) is 8.80. The van der Waals surface area contributed by atoms with Gasteiger partial charge in [0.1, 0.15) is 5.82 Å². The molecule has 0 radical (unpaired) electrons. The van der Waals surface area contributed by atoms with Gasteiger partial charge in [-0.1, -0.05) is 28.9 Å². The molecule has 1 fully saturated rings. The van der Waals surface area contributed by atoms with Gasteiger partial charge in [0.15, 0.2) is 0 Å². The molecule has 4 rings (SSSR count). The number of hydrogen-bond donors (Lipinski definition) is 0. The monoisotopic (exact) mass is 439 g/mol. The van der Waals surface area contributed by atoms with Crippen molar-refractivity contribution in [3.05, 3.63) is 70.3 Å². The van der Waals surface area contributed by atoms with Crippen molar-refractivity contribution < 1.29 is 26.9 Å². The average molecular weight is 440 g/mol. The first-order valence-corrected chi connectivity index (χ1v) is 9.31. The van der Waals surface area contributed by atoms with E-state index in [1.165, 1.54) is 29.2 Å². The van der Waals surface area contributed by atoms with Gasteiger partial charge in [0, 0.05) is 25.1 Å². The second-order valence-electron chi connectivity index (χ2n) is 6.96. The van der Waals surface area contributed by atoms with Gasteiger partial charge in [0.2, 0.25) is 17.6 Å². The highest BCUT2D eigenvalue weighted by Crippen LogP contribution is 2.32. The summed E-state index contributed by atoms with van der Waals surface area (Å²) >= 11 is 5.67. The number of amides is 1. The first-order valence-electron chi connectivity index (χ1n) is 8.93. The lowest BCUT2D eigenvalue weighted by Crippen LogP contribution is -2.24. The zero-order valence-electron chi connectivity index (χ0n) is 15.3. The third-order valence-electron chi connectivity index (χ3n) is 4.84. The second kappa shape index (κ2) is 7.71. The molecule has 1 amide bonds. The summed E-state index contributed by atoms with van der Waals surface area (Å²) in [6.45, 7) is 0.466. The fraction of sp³-hybridized carbons (Fsp3) is 0.250. The van der Waals surface area contributed by atoms with Crippen LogP contribution in [0.3, 0.4) is 0 Å². The summed E-state index contributed by atoms with van der Waals surface area (Å²) < 4.78 is 56.9. The lowest BCUT2D eigenvalue weighted by Gasteiger charge is -2.16. The van der Waals surface area contributed by atoms with Gasteiger partial charge in [0.05, 0.1) is 16.5 Å². The quantitative estimate of drug-likeness (QED) is 0.533. The summed E-state index contributed by atoms with van der Waals surface area (Å²) in [5.41, 5.74) is 0.228. The maximum absolute atomic E-state index is 13.6. The highest BCUT2D eigenvalue weighted by molar-refractivity contribution is 6.30. The highest BCUT2D eigenvalue weighted by Gasteiger charge is 2.35. The minimum absolute atomic E-state index is 0.0252. The van der Waals surface area contributed by atoms with Crippen molar-refractivity contribution in [2.75, 3.05) is 6.54 Å². The van der Waals surface area contributed by atoms with Crippen LogP contribution in [0.15, 0.2) is 47.0 Å². The molecule has 0 N–H and O–H groups in total. The number of nitrogens with zero attached hydrogens (tertiary/aromatic N) is 3. The van der Waals surface area contributed by atoms with Crippen LogP contribution < -0.4 is 0 Å². The van der Waals surface area contributed by atoms with Gasteiger partial charge < -0.3 is 9.42 Å². The largest absolute Gasteiger partial charge is 0.416 e. The van der Waals surface area contributed by atoms with E-state index in [9.17, 15) is 22.4 Å². The molecule has 0 spiro atoms. The Kier molecular flexibility index (Phi) is 5.23. The van der Waals surface area contributed by atoms with E-state index in [1.807, 2.05) is 0 Å². The van der Waals surface area contributed by atoms with Gasteiger partial charge in [0.25, 0.3) is 0 Å². The lowest BCUT2D eigenvalue weighted by atomic mass is 10.1. The second-order valence-corrected chi connectivity index (χ2v) is 7.36. The van der Waals surface area contributed by atoms with Crippen LogP contribution in [0, 0.1) is 5.82 Å². The van der Waals surface area contributed by atoms with Crippen LogP contribution in [0.1, 0.15) is 29.4 Å². The van der Waals surface area contributed by atoms with Crippen molar-refractivity contribution in [1.82, 2.24) is 15.0 Å². The number of carbonyl (C=O) groups is 1. The number of carbonyl (C=O) groups excluding carboxylic acids is 1. The Morgan fingerprint density at radius 2 is 1.90 bits per heavy atom. The Morgan fingerprint density at radius 3 is 2.57 bits per heavy atom. The molecule has 1 aromatic heterocycles. The van der Waals surface area contributed by atoms with E-state index in [1.54, 1.807) is 6.07 Å². The van der Waals surface area contributed by atoms with Crippen LogP contribution in [-0.4, -0.2) is 27.5 Å². The maximum atomic E-state index is 13.6. The smallest absolute Gasteiger partial charge is 0.339 e. The van der Waals surface area contributed by atoms with Crippen molar-refractivity contribution in [3.8, 4) is 11.4 Å². The number of alkyl halides is 3. The molecule has 1 aliphatic rings. The van der Waals surface area contributed by atoms with Crippen LogP contribution in [-0.2, 0) is 17.5 Å². The zero-order valence-corrected chi connectivity index (χ0v) is 16.0. The maximum Gasteiger partial charge on any atom is 0.416 e. The van der Waals surface area contributed by atoms with Crippen LogP contribution in [0.25, 0.3) is 11.4 Å². The zero-order chi connectivity index (χ0) is 21.5. The third-order valence-corrected chi connectivity index (χ3v) is 5.14. The molecular weight excluding hydrogens is 426 g/mol. The minimum atomic E-state index is -4.41. The Morgan fingerprint density at radius 1 is 1.17 bits per heavy atom. The SMILES string of the molecule is O=C1CC(c2nc(-c3ccc(Cl)c(F)c3)no2)CN1Cc1ccc(C(F)(F)F)cc1. The Bertz CT molecular complexity index is 1080. The topological polar surface area (TPSA) is 59.2 Å². The minimum Gasteiger partial charge on any atom is -0.339 e. The van der Waals surface area contributed by atoms with E-state index in [4.69, 9.17) is 16.1 Å². The van der Waals surface area contributed by atoms with Gasteiger partial charge in [-0.25, -0.2) is 4.39 Å². The summed E-state index contributed by atoms with van der Waals surface area (Å²) in [5, 5.41) is 3.81. The summed E-state index contributed by atoms with van der Waals surface area (Å²) in [5.74, 6) is -0.723. The fourth-order valence-electron chi connectivity index (χ4n) is 3.26. The van der Waals surface area contributed by atoms with Gasteiger partial charge in [-0.05, 0) is 35.9 Å². The normalized spacial score (nSPS) is 17.0. The van der Waals surface area contributed by atoms with Gasteiger partial charge in [-0.15, -0.1) is 0 Å².